The number of hydrogen-bond donors (Lipinski definition) is 2. The van der Waals surface area contributed by atoms with Crippen LogP contribution in [-0.2, 0) is 24.1 Å². The molecule has 2 aromatic carbocycles. The third kappa shape index (κ3) is 4.27. The highest BCUT2D eigenvalue weighted by molar-refractivity contribution is 5.97. The van der Waals surface area contributed by atoms with Gasteiger partial charge in [-0.15, -0.1) is 0 Å². The monoisotopic (exact) mass is 384 g/mol. The fourth-order valence-electron chi connectivity index (χ4n) is 3.46. The van der Waals surface area contributed by atoms with Gasteiger partial charge in [-0.1, -0.05) is 25.5 Å². The van der Waals surface area contributed by atoms with Gasteiger partial charge in [0.05, 0.1) is 12.0 Å². The smallest absolute Gasteiger partial charge is 0.307 e. The zero-order valence-electron chi connectivity index (χ0n) is 16.0. The van der Waals surface area contributed by atoms with Crippen LogP contribution in [0.3, 0.4) is 0 Å². The van der Waals surface area contributed by atoms with E-state index in [4.69, 9.17) is 14.6 Å². The van der Waals surface area contributed by atoms with Crippen molar-refractivity contribution in [2.75, 3.05) is 6.61 Å². The number of Topliss-reactive ketones (excluding diaryl/α,β-unsaturated/α-hetero) is 1. The number of phenolic OH excluding ortho intramolecular Hbond substituents is 1. The van der Waals surface area contributed by atoms with Gasteiger partial charge < -0.3 is 19.7 Å². The summed E-state index contributed by atoms with van der Waals surface area (Å²) in [5, 5.41) is 19.4. The number of ether oxygens (including phenoxy) is 2. The molecule has 148 valence electrons. The number of benzene rings is 2. The first kappa shape index (κ1) is 19.7. The number of hydrogen-bond acceptors (Lipinski definition) is 5. The molecule has 0 bridgehead atoms. The minimum atomic E-state index is -0.865. The lowest BCUT2D eigenvalue weighted by Crippen LogP contribution is -2.22. The molecule has 2 aromatic rings. The van der Waals surface area contributed by atoms with Crippen molar-refractivity contribution in [2.24, 2.45) is 0 Å². The second kappa shape index (κ2) is 8.33. The molecule has 1 heterocycles. The van der Waals surface area contributed by atoms with Crippen LogP contribution in [0.25, 0.3) is 0 Å². The molecule has 0 saturated carbocycles. The lowest BCUT2D eigenvalue weighted by molar-refractivity contribution is -0.136. The fourth-order valence-corrected chi connectivity index (χ4v) is 3.46. The van der Waals surface area contributed by atoms with Gasteiger partial charge in [-0.3, -0.25) is 9.59 Å². The topological polar surface area (TPSA) is 93.1 Å². The van der Waals surface area contributed by atoms with Crippen LogP contribution in [0.1, 0.15) is 47.3 Å². The predicted octanol–water partition coefficient (Wildman–Crippen LogP) is 3.56. The van der Waals surface area contributed by atoms with Crippen LogP contribution < -0.4 is 9.47 Å². The fraction of sp³-hybridized carbons (Fsp3) is 0.364. The molecule has 6 nitrogen and oxygen atoms in total. The Labute approximate surface area is 163 Å². The number of ketones is 1. The van der Waals surface area contributed by atoms with E-state index in [1.165, 1.54) is 6.92 Å². The van der Waals surface area contributed by atoms with Crippen molar-refractivity contribution in [3.8, 4) is 17.2 Å². The van der Waals surface area contributed by atoms with E-state index in [2.05, 4.69) is 0 Å². The highest BCUT2D eigenvalue weighted by Gasteiger charge is 2.25. The number of rotatable bonds is 8. The van der Waals surface area contributed by atoms with E-state index in [0.717, 1.165) is 23.3 Å². The molecule has 0 aromatic heterocycles. The molecule has 1 aliphatic heterocycles. The predicted molar refractivity (Wildman–Crippen MR) is 104 cm³/mol. The lowest BCUT2D eigenvalue weighted by Gasteiger charge is -2.17. The van der Waals surface area contributed by atoms with Crippen molar-refractivity contribution >= 4 is 11.8 Å². The largest absolute Gasteiger partial charge is 0.507 e. The number of aromatic hydroxyl groups is 1. The summed E-state index contributed by atoms with van der Waals surface area (Å²) in [6, 6.07) is 8.71. The van der Waals surface area contributed by atoms with Crippen molar-refractivity contribution in [2.45, 2.75) is 45.6 Å². The van der Waals surface area contributed by atoms with E-state index in [9.17, 15) is 14.7 Å². The Morgan fingerprint density at radius 3 is 2.71 bits per heavy atom. The Morgan fingerprint density at radius 2 is 2.04 bits per heavy atom. The van der Waals surface area contributed by atoms with E-state index in [0.29, 0.717) is 36.3 Å². The third-order valence-corrected chi connectivity index (χ3v) is 4.77. The minimum Gasteiger partial charge on any atom is -0.507 e. The van der Waals surface area contributed by atoms with Gasteiger partial charge in [0, 0.05) is 12.0 Å². The maximum absolute atomic E-state index is 11.7. The Balaban J connectivity index is 1.70. The molecule has 0 spiro atoms. The van der Waals surface area contributed by atoms with Crippen molar-refractivity contribution in [3.63, 3.8) is 0 Å². The van der Waals surface area contributed by atoms with E-state index >= 15 is 0 Å². The molecule has 0 fully saturated rings. The number of carboxylic acid groups (broad SMARTS) is 1. The minimum absolute atomic E-state index is 0.0132. The normalized spacial score (nSPS) is 15.0. The number of phenols is 1. The van der Waals surface area contributed by atoms with Gasteiger partial charge in [0.2, 0.25) is 0 Å². The van der Waals surface area contributed by atoms with Crippen LogP contribution >= 0.6 is 0 Å². The summed E-state index contributed by atoms with van der Waals surface area (Å²) in [6.07, 6.45) is 1.83. The van der Waals surface area contributed by atoms with Crippen molar-refractivity contribution in [1.29, 1.82) is 0 Å². The van der Waals surface area contributed by atoms with Gasteiger partial charge >= 0.3 is 5.97 Å². The Hall–Kier alpha value is -3.02. The van der Waals surface area contributed by atoms with Crippen molar-refractivity contribution < 1.29 is 29.3 Å². The Kier molecular flexibility index (Phi) is 5.87. The van der Waals surface area contributed by atoms with Crippen LogP contribution in [0.5, 0.6) is 17.2 Å². The van der Waals surface area contributed by atoms with Gasteiger partial charge in [0.15, 0.2) is 5.78 Å². The van der Waals surface area contributed by atoms with Crippen LogP contribution in [0.2, 0.25) is 0 Å². The molecule has 0 amide bonds. The summed E-state index contributed by atoms with van der Waals surface area (Å²) >= 11 is 0. The molecule has 0 aliphatic carbocycles. The first-order valence-electron chi connectivity index (χ1n) is 9.37. The lowest BCUT2D eigenvalue weighted by atomic mass is 10.0. The maximum Gasteiger partial charge on any atom is 0.307 e. The number of carbonyl (C=O) groups is 2. The standard InChI is InChI=1S/C22H24O6/c1-3-4-18-20(8-6-17(13(2)23)22(18)26)27-12-16-11-15-9-14(10-21(24)25)5-7-19(15)28-16/h5-9,16,26H,3-4,10-12H2,1-2H3,(H,24,25). The van der Waals surface area contributed by atoms with Gasteiger partial charge in [0.1, 0.15) is 30.0 Å². The molecule has 2 N–H and O–H groups in total. The second-order valence-corrected chi connectivity index (χ2v) is 7.01. The van der Waals surface area contributed by atoms with Gasteiger partial charge in [-0.2, -0.15) is 0 Å². The average Bonchev–Trinajstić information content (AvgIpc) is 3.03. The second-order valence-electron chi connectivity index (χ2n) is 7.01. The molecular weight excluding hydrogens is 360 g/mol. The first-order chi connectivity index (χ1) is 13.4. The molecule has 1 unspecified atom stereocenters. The summed E-state index contributed by atoms with van der Waals surface area (Å²) in [5.74, 6) is 0.228. The number of fused-ring (bicyclic) bond motifs is 1. The average molecular weight is 384 g/mol. The molecular formula is C22H24O6. The SMILES string of the molecule is CCCc1c(OCC2Cc3cc(CC(=O)O)ccc3O2)ccc(C(C)=O)c1O. The van der Waals surface area contributed by atoms with Gasteiger partial charge in [0.25, 0.3) is 0 Å². The number of aliphatic carboxylic acids is 1. The van der Waals surface area contributed by atoms with Crippen LogP contribution in [0.15, 0.2) is 30.3 Å². The zero-order valence-corrected chi connectivity index (χ0v) is 16.0. The van der Waals surface area contributed by atoms with Crippen LogP contribution in [0, 0.1) is 0 Å². The number of carboxylic acids is 1. The summed E-state index contributed by atoms with van der Waals surface area (Å²) in [5.41, 5.74) is 2.64. The molecule has 28 heavy (non-hydrogen) atoms. The molecule has 1 aliphatic rings. The van der Waals surface area contributed by atoms with E-state index in [1.54, 1.807) is 24.3 Å². The molecule has 6 heteroatoms. The molecule has 0 radical (unpaired) electrons. The number of carbonyl (C=O) groups excluding carboxylic acids is 1. The molecule has 1 atom stereocenters. The zero-order chi connectivity index (χ0) is 20.3. The highest BCUT2D eigenvalue weighted by Crippen LogP contribution is 2.34. The summed E-state index contributed by atoms with van der Waals surface area (Å²) in [6.45, 7) is 3.71. The summed E-state index contributed by atoms with van der Waals surface area (Å²) < 4.78 is 11.8. The van der Waals surface area contributed by atoms with Crippen molar-refractivity contribution in [1.82, 2.24) is 0 Å². The van der Waals surface area contributed by atoms with E-state index in [-0.39, 0.29) is 24.1 Å². The van der Waals surface area contributed by atoms with E-state index < -0.39 is 5.97 Å². The molecule has 3 rings (SSSR count). The van der Waals surface area contributed by atoms with Crippen LogP contribution in [-0.4, -0.2) is 34.7 Å². The Bertz CT molecular complexity index is 902. The first-order valence-corrected chi connectivity index (χ1v) is 9.37. The van der Waals surface area contributed by atoms with Gasteiger partial charge in [-0.25, -0.2) is 0 Å². The maximum atomic E-state index is 11.7. The quantitative estimate of drug-likeness (QED) is 0.676. The molecule has 0 saturated heterocycles. The third-order valence-electron chi connectivity index (χ3n) is 4.77. The van der Waals surface area contributed by atoms with Gasteiger partial charge in [-0.05, 0) is 42.7 Å². The Morgan fingerprint density at radius 1 is 1.25 bits per heavy atom. The highest BCUT2D eigenvalue weighted by atomic mass is 16.5. The van der Waals surface area contributed by atoms with Crippen LogP contribution in [0.4, 0.5) is 0 Å². The summed E-state index contributed by atoms with van der Waals surface area (Å²) in [4.78, 5) is 22.5. The van der Waals surface area contributed by atoms with Crippen molar-refractivity contribution in [3.05, 3.63) is 52.6 Å². The van der Waals surface area contributed by atoms with E-state index in [1.807, 2.05) is 13.0 Å². The summed E-state index contributed by atoms with van der Waals surface area (Å²) in [7, 11) is 0.